The lowest BCUT2D eigenvalue weighted by Gasteiger charge is -2.06. The van der Waals surface area contributed by atoms with Crippen molar-refractivity contribution in [2.45, 2.75) is 6.54 Å². The summed E-state index contributed by atoms with van der Waals surface area (Å²) in [6.07, 6.45) is 0. The fourth-order valence-electron chi connectivity index (χ4n) is 2.69. The van der Waals surface area contributed by atoms with E-state index >= 15 is 0 Å². The van der Waals surface area contributed by atoms with Crippen LogP contribution in [-0.2, 0) is 6.54 Å². The Morgan fingerprint density at radius 3 is 2.67 bits per heavy atom. The summed E-state index contributed by atoms with van der Waals surface area (Å²) in [5, 5.41) is 17.8. The van der Waals surface area contributed by atoms with E-state index in [0.29, 0.717) is 5.82 Å². The molecule has 0 saturated heterocycles. The van der Waals surface area contributed by atoms with Crippen LogP contribution in [0.25, 0.3) is 22.2 Å². The number of benzene rings is 2. The van der Waals surface area contributed by atoms with Gasteiger partial charge in [-0.1, -0.05) is 51.4 Å². The van der Waals surface area contributed by atoms with Gasteiger partial charge in [-0.25, -0.2) is 9.48 Å². The molecule has 9 heteroatoms. The predicted molar refractivity (Wildman–Crippen MR) is 99.5 cm³/mol. The molecule has 4 aromatic rings. The van der Waals surface area contributed by atoms with Gasteiger partial charge in [0.15, 0.2) is 5.69 Å². The lowest BCUT2D eigenvalue weighted by Crippen LogP contribution is -2.26. The van der Waals surface area contributed by atoms with Crippen molar-refractivity contribution in [1.29, 1.82) is 0 Å². The molecule has 8 nitrogen and oxygen atoms in total. The molecular formula is C18H11BrN4O4. The predicted octanol–water partition coefficient (Wildman–Crippen LogP) is 2.96. The number of halogens is 1. The molecular weight excluding hydrogens is 416 g/mol. The van der Waals surface area contributed by atoms with Gasteiger partial charge in [-0.05, 0) is 18.2 Å². The summed E-state index contributed by atoms with van der Waals surface area (Å²) in [5.74, 6) is -0.718. The van der Waals surface area contributed by atoms with Crippen LogP contribution in [0, 0.1) is 0 Å². The summed E-state index contributed by atoms with van der Waals surface area (Å²) in [7, 11) is 0. The van der Waals surface area contributed by atoms with Crippen molar-refractivity contribution in [2.75, 3.05) is 0 Å². The number of carbonyl (C=O) groups is 1. The number of aromatic nitrogens is 4. The van der Waals surface area contributed by atoms with Crippen LogP contribution < -0.4 is 5.56 Å². The average molecular weight is 427 g/mol. The molecule has 0 aliphatic carbocycles. The highest BCUT2D eigenvalue weighted by Crippen LogP contribution is 2.20. The first kappa shape index (κ1) is 17.1. The van der Waals surface area contributed by atoms with Crippen molar-refractivity contribution in [2.24, 2.45) is 0 Å². The number of hydrogen-bond donors (Lipinski definition) is 1. The minimum Gasteiger partial charge on any atom is -0.476 e. The van der Waals surface area contributed by atoms with Crippen molar-refractivity contribution in [3.05, 3.63) is 74.9 Å². The second-order valence-corrected chi connectivity index (χ2v) is 6.60. The smallest absolute Gasteiger partial charge is 0.357 e. The number of nitrogens with zero attached hydrogens (tertiary/aromatic N) is 4. The molecule has 134 valence electrons. The Labute approximate surface area is 160 Å². The zero-order valence-corrected chi connectivity index (χ0v) is 15.3. The highest BCUT2D eigenvalue weighted by Gasteiger charge is 2.17. The van der Waals surface area contributed by atoms with Gasteiger partial charge in [-0.15, -0.1) is 0 Å². The second kappa shape index (κ2) is 6.76. The Bertz CT molecular complexity index is 1230. The normalized spacial score (nSPS) is 11.0. The van der Waals surface area contributed by atoms with Gasteiger partial charge < -0.3 is 9.63 Å². The van der Waals surface area contributed by atoms with Gasteiger partial charge in [0.1, 0.15) is 6.54 Å². The minimum atomic E-state index is -1.22. The van der Waals surface area contributed by atoms with Crippen molar-refractivity contribution in [3.8, 4) is 11.4 Å². The van der Waals surface area contributed by atoms with Crippen LogP contribution in [0.4, 0.5) is 0 Å². The Morgan fingerprint density at radius 2 is 1.93 bits per heavy atom. The highest BCUT2D eigenvalue weighted by molar-refractivity contribution is 9.10. The molecule has 2 aromatic carbocycles. The van der Waals surface area contributed by atoms with Gasteiger partial charge in [0.2, 0.25) is 11.7 Å². The van der Waals surface area contributed by atoms with E-state index in [1.165, 1.54) is 0 Å². The molecule has 0 unspecified atom stereocenters. The molecule has 0 bridgehead atoms. The number of carboxylic acid groups (broad SMARTS) is 1. The van der Waals surface area contributed by atoms with Crippen LogP contribution in [0.1, 0.15) is 16.4 Å². The monoisotopic (exact) mass is 426 g/mol. The van der Waals surface area contributed by atoms with E-state index in [1.54, 1.807) is 24.3 Å². The van der Waals surface area contributed by atoms with Gasteiger partial charge in [0.25, 0.3) is 5.56 Å². The Kier molecular flexibility index (Phi) is 4.28. The lowest BCUT2D eigenvalue weighted by molar-refractivity contribution is 0.0690. The molecule has 2 aromatic heterocycles. The summed E-state index contributed by atoms with van der Waals surface area (Å²) >= 11 is 3.38. The van der Waals surface area contributed by atoms with E-state index in [-0.39, 0.29) is 28.9 Å². The zero-order valence-electron chi connectivity index (χ0n) is 13.7. The molecule has 2 heterocycles. The number of aromatic carboxylic acids is 1. The maximum Gasteiger partial charge on any atom is 0.357 e. The third kappa shape index (κ3) is 3.24. The topological polar surface area (TPSA) is 111 Å². The molecule has 0 amide bonds. The molecule has 0 aliphatic heterocycles. The first-order valence-electron chi connectivity index (χ1n) is 7.84. The molecule has 0 fully saturated rings. The van der Waals surface area contributed by atoms with Crippen molar-refractivity contribution in [3.63, 3.8) is 0 Å². The maximum atomic E-state index is 12.6. The maximum absolute atomic E-state index is 12.6. The average Bonchev–Trinajstić information content (AvgIpc) is 3.12. The van der Waals surface area contributed by atoms with E-state index < -0.39 is 11.5 Å². The minimum absolute atomic E-state index is 0.134. The molecule has 4 rings (SSSR count). The van der Waals surface area contributed by atoms with Gasteiger partial charge in [-0.3, -0.25) is 4.79 Å². The van der Waals surface area contributed by atoms with E-state index in [0.717, 1.165) is 14.7 Å². The number of carboxylic acids is 1. The molecule has 0 radical (unpaired) electrons. The van der Waals surface area contributed by atoms with Gasteiger partial charge in [0.05, 0.1) is 5.39 Å². The Hall–Kier alpha value is -3.33. The van der Waals surface area contributed by atoms with Gasteiger partial charge in [0, 0.05) is 15.4 Å². The van der Waals surface area contributed by atoms with E-state index in [2.05, 4.69) is 31.2 Å². The standard InChI is InChI=1S/C18H11BrN4O4/c19-11-5-3-4-10(8-11)16-20-14(27-22-16)9-23-17(24)13-7-2-1-6-12(13)15(21-23)18(25)26/h1-8H,9H2,(H,25,26). The summed E-state index contributed by atoms with van der Waals surface area (Å²) in [4.78, 5) is 28.4. The van der Waals surface area contributed by atoms with Crippen LogP contribution in [0.5, 0.6) is 0 Å². The number of hydrogen-bond acceptors (Lipinski definition) is 6. The second-order valence-electron chi connectivity index (χ2n) is 5.68. The Balaban J connectivity index is 1.75. The van der Waals surface area contributed by atoms with Crippen LogP contribution in [0.2, 0.25) is 0 Å². The molecule has 0 saturated carbocycles. The highest BCUT2D eigenvalue weighted by atomic mass is 79.9. The number of fused-ring (bicyclic) bond motifs is 1. The molecule has 0 aliphatic rings. The fourth-order valence-corrected chi connectivity index (χ4v) is 3.09. The van der Waals surface area contributed by atoms with Crippen molar-refractivity contribution < 1.29 is 14.4 Å². The van der Waals surface area contributed by atoms with E-state index in [4.69, 9.17) is 4.52 Å². The quantitative estimate of drug-likeness (QED) is 0.533. The third-order valence-electron chi connectivity index (χ3n) is 3.91. The van der Waals surface area contributed by atoms with E-state index in [9.17, 15) is 14.7 Å². The molecule has 27 heavy (non-hydrogen) atoms. The summed E-state index contributed by atoms with van der Waals surface area (Å²) in [6, 6.07) is 13.8. The summed E-state index contributed by atoms with van der Waals surface area (Å²) in [5.41, 5.74) is 0.0964. The first-order chi connectivity index (χ1) is 13.0. The summed E-state index contributed by atoms with van der Waals surface area (Å²) in [6.45, 7) is -0.134. The third-order valence-corrected chi connectivity index (χ3v) is 4.40. The SMILES string of the molecule is O=C(O)c1nn(Cc2nc(-c3cccc(Br)c3)no2)c(=O)c2ccccc12. The van der Waals surface area contributed by atoms with E-state index in [1.807, 2.05) is 24.3 Å². The number of rotatable bonds is 4. The summed E-state index contributed by atoms with van der Waals surface area (Å²) < 4.78 is 7.09. The molecule has 0 atom stereocenters. The molecule has 0 spiro atoms. The fraction of sp³-hybridized carbons (Fsp3) is 0.0556. The molecule has 1 N–H and O–H groups in total. The van der Waals surface area contributed by atoms with Crippen LogP contribution in [0.15, 0.2) is 62.3 Å². The van der Waals surface area contributed by atoms with Crippen molar-refractivity contribution in [1.82, 2.24) is 19.9 Å². The van der Waals surface area contributed by atoms with Gasteiger partial charge >= 0.3 is 5.97 Å². The van der Waals surface area contributed by atoms with Crippen molar-refractivity contribution >= 4 is 32.7 Å². The van der Waals surface area contributed by atoms with Crippen LogP contribution >= 0.6 is 15.9 Å². The van der Waals surface area contributed by atoms with Crippen LogP contribution in [-0.4, -0.2) is 31.0 Å². The largest absolute Gasteiger partial charge is 0.476 e. The Morgan fingerprint density at radius 1 is 1.15 bits per heavy atom. The van der Waals surface area contributed by atoms with Gasteiger partial charge in [-0.2, -0.15) is 10.1 Å². The lowest BCUT2D eigenvalue weighted by atomic mass is 10.1. The zero-order chi connectivity index (χ0) is 19.0. The first-order valence-corrected chi connectivity index (χ1v) is 8.64. The van der Waals surface area contributed by atoms with Crippen LogP contribution in [0.3, 0.4) is 0 Å².